The van der Waals surface area contributed by atoms with Crippen LogP contribution in [0.15, 0.2) is 6.07 Å². The van der Waals surface area contributed by atoms with Crippen LogP contribution >= 0.6 is 0 Å². The van der Waals surface area contributed by atoms with Crippen LogP contribution in [-0.2, 0) is 11.2 Å². The molecule has 0 bridgehead atoms. The third-order valence-electron chi connectivity index (χ3n) is 3.14. The number of carbonyl (C=O) groups excluding carboxylic acids is 1. The Hall–Kier alpha value is -1.35. The van der Waals surface area contributed by atoms with Gasteiger partial charge in [0, 0.05) is 0 Å². The molecule has 0 saturated heterocycles. The molecule has 17 heavy (non-hydrogen) atoms. The fourth-order valence-electron chi connectivity index (χ4n) is 2.10. The summed E-state index contributed by atoms with van der Waals surface area (Å²) < 4.78 is 5.39. The number of methoxy groups -OCH3 is 1. The lowest BCUT2D eigenvalue weighted by Gasteiger charge is -2.15. The van der Waals surface area contributed by atoms with E-state index in [0.29, 0.717) is 6.54 Å². The molecule has 0 atom stereocenters. The van der Waals surface area contributed by atoms with Gasteiger partial charge in [-0.15, -0.1) is 0 Å². The van der Waals surface area contributed by atoms with Crippen LogP contribution in [0.2, 0.25) is 0 Å². The normalized spacial score (nSPS) is 10.4. The Kier molecular flexibility index (Phi) is 5.16. The Labute approximate surface area is 103 Å². The second-order valence-corrected chi connectivity index (χ2v) is 4.26. The van der Waals surface area contributed by atoms with Crippen LogP contribution < -0.4 is 10.1 Å². The van der Waals surface area contributed by atoms with Crippen LogP contribution in [-0.4, -0.2) is 26.5 Å². The lowest BCUT2D eigenvalue weighted by molar-refractivity contribution is -0.107. The smallest absolute Gasteiger partial charge is 0.133 e. The summed E-state index contributed by atoms with van der Waals surface area (Å²) in [5.74, 6) is 0.979. The van der Waals surface area contributed by atoms with Gasteiger partial charge in [-0.2, -0.15) is 0 Å². The molecule has 0 radical (unpaired) electrons. The fraction of sp³-hybridized carbons (Fsp3) is 0.500. The molecule has 0 fully saturated rings. The first-order valence-electron chi connectivity index (χ1n) is 5.89. The minimum Gasteiger partial charge on any atom is -0.496 e. The lowest BCUT2D eigenvalue weighted by Crippen LogP contribution is -2.19. The molecule has 0 aliphatic carbocycles. The largest absolute Gasteiger partial charge is 0.496 e. The van der Waals surface area contributed by atoms with Crippen molar-refractivity contribution >= 4 is 6.29 Å². The molecule has 0 aliphatic heterocycles. The van der Waals surface area contributed by atoms with Gasteiger partial charge in [-0.1, -0.05) is 6.07 Å². The van der Waals surface area contributed by atoms with Crippen molar-refractivity contribution in [3.8, 4) is 5.75 Å². The number of aldehydes is 1. The molecule has 3 heteroatoms. The third kappa shape index (κ3) is 3.30. The lowest BCUT2D eigenvalue weighted by atomic mass is 9.96. The molecule has 1 aromatic carbocycles. The first kappa shape index (κ1) is 13.7. The molecule has 0 unspecified atom stereocenters. The van der Waals surface area contributed by atoms with E-state index in [-0.39, 0.29) is 0 Å². The van der Waals surface area contributed by atoms with Gasteiger partial charge in [-0.25, -0.2) is 0 Å². The van der Waals surface area contributed by atoms with Crippen molar-refractivity contribution in [1.29, 1.82) is 0 Å². The Morgan fingerprint density at radius 3 is 2.59 bits per heavy atom. The van der Waals surface area contributed by atoms with Gasteiger partial charge in [0.2, 0.25) is 0 Å². The Balaban J connectivity index is 2.83. The standard InChI is InChI=1S/C14H21NO2/c1-10-9-13(5-6-15-7-8-16)11(2)12(3)14(10)17-4/h8-9,15H,5-7H2,1-4H3. The second kappa shape index (κ2) is 6.40. The van der Waals surface area contributed by atoms with Crippen LogP contribution in [0.25, 0.3) is 0 Å². The molecule has 1 N–H and O–H groups in total. The number of aryl methyl sites for hydroxylation is 1. The van der Waals surface area contributed by atoms with Crippen molar-refractivity contribution < 1.29 is 9.53 Å². The highest BCUT2D eigenvalue weighted by molar-refractivity contribution is 5.52. The first-order chi connectivity index (χ1) is 8.11. The minimum atomic E-state index is 0.424. The Bertz CT molecular complexity index is 400. The summed E-state index contributed by atoms with van der Waals surface area (Å²) in [6, 6.07) is 2.17. The first-order valence-corrected chi connectivity index (χ1v) is 5.89. The van der Waals surface area contributed by atoms with Gasteiger partial charge in [0.15, 0.2) is 0 Å². The van der Waals surface area contributed by atoms with Crippen molar-refractivity contribution in [2.45, 2.75) is 27.2 Å². The number of ether oxygens (including phenoxy) is 1. The van der Waals surface area contributed by atoms with Crippen molar-refractivity contribution in [1.82, 2.24) is 5.32 Å². The maximum atomic E-state index is 10.2. The van der Waals surface area contributed by atoms with E-state index in [1.165, 1.54) is 22.3 Å². The molecule has 0 amide bonds. The van der Waals surface area contributed by atoms with E-state index < -0.39 is 0 Å². The molecule has 1 aromatic rings. The number of benzene rings is 1. The second-order valence-electron chi connectivity index (χ2n) is 4.26. The molecule has 0 aromatic heterocycles. The van der Waals surface area contributed by atoms with Crippen LogP contribution in [0.3, 0.4) is 0 Å². The number of hydrogen-bond acceptors (Lipinski definition) is 3. The molecule has 0 heterocycles. The highest BCUT2D eigenvalue weighted by atomic mass is 16.5. The number of rotatable bonds is 6. The average Bonchev–Trinajstić information content (AvgIpc) is 2.31. The highest BCUT2D eigenvalue weighted by Gasteiger charge is 2.09. The minimum absolute atomic E-state index is 0.424. The Morgan fingerprint density at radius 2 is 2.00 bits per heavy atom. The summed E-state index contributed by atoms with van der Waals surface area (Å²) in [5, 5.41) is 3.08. The quantitative estimate of drug-likeness (QED) is 0.605. The van der Waals surface area contributed by atoms with Crippen LogP contribution in [0.1, 0.15) is 22.3 Å². The maximum absolute atomic E-state index is 10.2. The molecule has 0 aliphatic rings. The fourth-order valence-corrected chi connectivity index (χ4v) is 2.10. The van der Waals surface area contributed by atoms with Crippen LogP contribution in [0.5, 0.6) is 5.75 Å². The van der Waals surface area contributed by atoms with E-state index in [4.69, 9.17) is 4.74 Å². The van der Waals surface area contributed by atoms with Gasteiger partial charge in [0.25, 0.3) is 0 Å². The number of hydrogen-bond donors (Lipinski definition) is 1. The predicted molar refractivity (Wildman–Crippen MR) is 69.8 cm³/mol. The van der Waals surface area contributed by atoms with Gasteiger partial charge in [0.1, 0.15) is 12.0 Å². The van der Waals surface area contributed by atoms with Gasteiger partial charge < -0.3 is 14.8 Å². The zero-order valence-corrected chi connectivity index (χ0v) is 11.1. The summed E-state index contributed by atoms with van der Waals surface area (Å²) in [5.41, 5.74) is 4.97. The van der Waals surface area contributed by atoms with E-state index in [1.54, 1.807) is 7.11 Å². The van der Waals surface area contributed by atoms with Crippen molar-refractivity contribution in [2.75, 3.05) is 20.2 Å². The van der Waals surface area contributed by atoms with E-state index in [0.717, 1.165) is 25.0 Å². The van der Waals surface area contributed by atoms with Crippen molar-refractivity contribution in [3.63, 3.8) is 0 Å². The summed E-state index contributed by atoms with van der Waals surface area (Å²) in [4.78, 5) is 10.2. The van der Waals surface area contributed by atoms with E-state index in [9.17, 15) is 4.79 Å². The third-order valence-corrected chi connectivity index (χ3v) is 3.14. The Morgan fingerprint density at radius 1 is 1.29 bits per heavy atom. The SMILES string of the molecule is COc1c(C)cc(CCNCC=O)c(C)c1C. The maximum Gasteiger partial charge on any atom is 0.133 e. The van der Waals surface area contributed by atoms with Gasteiger partial charge >= 0.3 is 0 Å². The van der Waals surface area contributed by atoms with Gasteiger partial charge in [-0.3, -0.25) is 0 Å². The van der Waals surface area contributed by atoms with Gasteiger partial charge in [0.05, 0.1) is 13.7 Å². The summed E-state index contributed by atoms with van der Waals surface area (Å²) in [7, 11) is 1.71. The monoisotopic (exact) mass is 235 g/mol. The zero-order chi connectivity index (χ0) is 12.8. The topological polar surface area (TPSA) is 38.3 Å². The molecule has 0 saturated carbocycles. The summed E-state index contributed by atoms with van der Waals surface area (Å²) >= 11 is 0. The molecule has 3 nitrogen and oxygen atoms in total. The zero-order valence-electron chi connectivity index (χ0n) is 11.1. The van der Waals surface area contributed by atoms with E-state index in [1.807, 2.05) is 0 Å². The highest BCUT2D eigenvalue weighted by Crippen LogP contribution is 2.28. The van der Waals surface area contributed by atoms with Crippen molar-refractivity contribution in [3.05, 3.63) is 28.3 Å². The average molecular weight is 235 g/mol. The molecule has 1 rings (SSSR count). The van der Waals surface area contributed by atoms with Crippen molar-refractivity contribution in [2.24, 2.45) is 0 Å². The molecular weight excluding hydrogens is 214 g/mol. The van der Waals surface area contributed by atoms with Crippen LogP contribution in [0, 0.1) is 20.8 Å². The molecular formula is C14H21NO2. The van der Waals surface area contributed by atoms with Gasteiger partial charge in [-0.05, 0) is 56.0 Å². The molecule has 94 valence electrons. The van der Waals surface area contributed by atoms with Crippen LogP contribution in [0.4, 0.5) is 0 Å². The summed E-state index contributed by atoms with van der Waals surface area (Å²) in [6.07, 6.45) is 1.82. The predicted octanol–water partition coefficient (Wildman–Crippen LogP) is 1.95. The summed E-state index contributed by atoms with van der Waals surface area (Å²) in [6.45, 7) is 7.52. The number of nitrogens with one attached hydrogen (secondary N) is 1. The van der Waals surface area contributed by atoms with E-state index in [2.05, 4.69) is 32.2 Å². The molecule has 0 spiro atoms. The number of carbonyl (C=O) groups is 1. The van der Waals surface area contributed by atoms with E-state index >= 15 is 0 Å².